The van der Waals surface area contributed by atoms with Gasteiger partial charge in [0.1, 0.15) is 0 Å². The van der Waals surface area contributed by atoms with Crippen LogP contribution in [-0.4, -0.2) is 12.4 Å². The molecular weight excluding hydrogens is 111 g/mol. The third-order valence-corrected chi connectivity index (χ3v) is 0.926. The summed E-state index contributed by atoms with van der Waals surface area (Å²) in [6.45, 7) is -0.325. The predicted molar refractivity (Wildman–Crippen MR) is 24.3 cm³/mol. The Morgan fingerprint density at radius 3 is 2.40 bits per heavy atom. The lowest BCUT2D eigenvalue weighted by molar-refractivity contribution is 0.533. The van der Waals surface area contributed by atoms with Gasteiger partial charge in [-0.15, -0.1) is 0 Å². The molecule has 3 heteroatoms. The first kappa shape index (κ1) is 5.57. The molecule has 5 heavy (non-hydrogen) atoms. The minimum atomic E-state index is -0.325. The molecular formula is C2H4ClFS. The number of hydrogen-bond acceptors (Lipinski definition) is 1. The molecule has 0 amide bonds. The van der Waals surface area contributed by atoms with Crippen LogP contribution in [0.5, 0.6) is 0 Å². The van der Waals surface area contributed by atoms with Crippen LogP contribution in [0.25, 0.3) is 0 Å². The number of halogens is 2. The van der Waals surface area contributed by atoms with Gasteiger partial charge in [-0.2, -0.15) is 0 Å². The summed E-state index contributed by atoms with van der Waals surface area (Å²) < 4.78 is 10.9. The minimum Gasteiger partial charge on any atom is -0.250 e. The van der Waals surface area contributed by atoms with Crippen LogP contribution in [-0.2, 0) is 0 Å². The molecule has 0 bridgehead atoms. The maximum atomic E-state index is 10.9. The summed E-state index contributed by atoms with van der Waals surface area (Å²) >= 11 is 0. The van der Waals surface area contributed by atoms with Gasteiger partial charge >= 0.3 is 0 Å². The molecule has 32 valence electrons. The highest BCUT2D eigenvalue weighted by Gasteiger charge is 1.74. The van der Waals surface area contributed by atoms with Crippen LogP contribution in [0.1, 0.15) is 0 Å². The van der Waals surface area contributed by atoms with Crippen LogP contribution in [0.2, 0.25) is 0 Å². The Morgan fingerprint density at radius 2 is 2.40 bits per heavy atom. The Labute approximate surface area is 39.2 Å². The lowest BCUT2D eigenvalue weighted by atomic mass is 10.9. The summed E-state index contributed by atoms with van der Waals surface area (Å²) in [5.41, 5.74) is 0. The first-order chi connectivity index (χ1) is 2.41. The molecule has 0 unspecified atom stereocenters. The van der Waals surface area contributed by atoms with E-state index >= 15 is 0 Å². The molecule has 0 saturated carbocycles. The number of hydrogen-bond donors (Lipinski definition) is 0. The Morgan fingerprint density at radius 1 is 1.80 bits per heavy atom. The number of rotatable bonds is 2. The molecule has 0 aromatic heterocycles. The smallest absolute Gasteiger partial charge is 0.0996 e. The summed E-state index contributed by atoms with van der Waals surface area (Å²) in [6, 6.07) is 0. The average Bonchev–Trinajstić information content (AvgIpc) is 1.41. The standard InChI is InChI=1S/C2H4ClFS/c3-5-2-1-4/h1-2H2. The van der Waals surface area contributed by atoms with Crippen molar-refractivity contribution in [1.29, 1.82) is 0 Å². The highest BCUT2D eigenvalue weighted by Crippen LogP contribution is 2.02. The highest BCUT2D eigenvalue weighted by molar-refractivity contribution is 8.21. The zero-order valence-electron chi connectivity index (χ0n) is 2.58. The molecule has 0 atom stereocenters. The summed E-state index contributed by atoms with van der Waals surface area (Å²) in [6.07, 6.45) is 0. The summed E-state index contributed by atoms with van der Waals surface area (Å²) in [5, 5.41) is 0. The van der Waals surface area contributed by atoms with Gasteiger partial charge in [-0.25, -0.2) is 0 Å². The highest BCUT2D eigenvalue weighted by atomic mass is 35.7. The molecule has 0 aliphatic carbocycles. The predicted octanol–water partition coefficient (Wildman–Crippen LogP) is 1.84. The fourth-order valence-corrected chi connectivity index (χ4v) is 0.262. The van der Waals surface area contributed by atoms with Gasteiger partial charge in [-0.05, 0) is 10.7 Å². The Hall–Kier alpha value is 0.570. The van der Waals surface area contributed by atoms with Crippen molar-refractivity contribution < 1.29 is 4.39 Å². The van der Waals surface area contributed by atoms with E-state index in [-0.39, 0.29) is 6.67 Å². The van der Waals surface area contributed by atoms with E-state index in [4.69, 9.17) is 10.7 Å². The molecule has 0 N–H and O–H groups in total. The molecule has 0 saturated heterocycles. The quantitative estimate of drug-likeness (QED) is 0.528. The third kappa shape index (κ3) is 4.57. The fraction of sp³-hybridized carbons (Fsp3) is 1.00. The molecule has 0 rings (SSSR count). The molecule has 0 aromatic carbocycles. The second kappa shape index (κ2) is 4.57. The van der Waals surface area contributed by atoms with E-state index in [0.717, 1.165) is 11.0 Å². The van der Waals surface area contributed by atoms with E-state index < -0.39 is 0 Å². The van der Waals surface area contributed by atoms with Gasteiger partial charge in [0.25, 0.3) is 0 Å². The number of alkyl halides is 1. The van der Waals surface area contributed by atoms with Crippen molar-refractivity contribution in [3.63, 3.8) is 0 Å². The largest absolute Gasteiger partial charge is 0.250 e. The Balaban J connectivity index is 2.19. The minimum absolute atomic E-state index is 0.325. The van der Waals surface area contributed by atoms with Crippen molar-refractivity contribution in [2.24, 2.45) is 0 Å². The van der Waals surface area contributed by atoms with Gasteiger partial charge < -0.3 is 0 Å². The lowest BCUT2D eigenvalue weighted by Gasteiger charge is -1.74. The molecule has 0 aliphatic heterocycles. The van der Waals surface area contributed by atoms with E-state index in [1.54, 1.807) is 0 Å². The van der Waals surface area contributed by atoms with E-state index in [1.807, 2.05) is 0 Å². The normalized spacial score (nSPS) is 8.40. The van der Waals surface area contributed by atoms with Crippen LogP contribution in [0.3, 0.4) is 0 Å². The van der Waals surface area contributed by atoms with Crippen molar-refractivity contribution in [1.82, 2.24) is 0 Å². The second-order valence-corrected chi connectivity index (χ2v) is 1.78. The van der Waals surface area contributed by atoms with Crippen molar-refractivity contribution in [2.45, 2.75) is 0 Å². The molecule has 0 aliphatic rings. The molecule has 0 nitrogen and oxygen atoms in total. The monoisotopic (exact) mass is 114 g/mol. The lowest BCUT2D eigenvalue weighted by Crippen LogP contribution is -1.70. The van der Waals surface area contributed by atoms with Crippen molar-refractivity contribution in [2.75, 3.05) is 12.4 Å². The molecule has 0 spiro atoms. The molecule has 0 heterocycles. The fourth-order valence-electron chi connectivity index (χ4n) is 0.0292. The van der Waals surface area contributed by atoms with Crippen molar-refractivity contribution in [3.05, 3.63) is 0 Å². The SMILES string of the molecule is FCCSCl. The van der Waals surface area contributed by atoms with Gasteiger partial charge in [0.15, 0.2) is 0 Å². The van der Waals surface area contributed by atoms with E-state index in [9.17, 15) is 4.39 Å². The summed E-state index contributed by atoms with van der Waals surface area (Å²) in [7, 11) is 5.98. The first-order valence-corrected chi connectivity index (χ1v) is 3.02. The van der Waals surface area contributed by atoms with E-state index in [0.29, 0.717) is 5.75 Å². The zero-order chi connectivity index (χ0) is 4.12. The van der Waals surface area contributed by atoms with Crippen LogP contribution in [0.15, 0.2) is 0 Å². The van der Waals surface area contributed by atoms with Gasteiger partial charge in [0.2, 0.25) is 0 Å². The van der Waals surface area contributed by atoms with E-state index in [2.05, 4.69) is 0 Å². The van der Waals surface area contributed by atoms with Gasteiger partial charge in [-0.3, -0.25) is 4.39 Å². The van der Waals surface area contributed by atoms with Crippen molar-refractivity contribution >= 4 is 21.7 Å². The van der Waals surface area contributed by atoms with E-state index in [1.165, 1.54) is 0 Å². The van der Waals surface area contributed by atoms with Gasteiger partial charge in [0.05, 0.1) is 6.67 Å². The maximum absolute atomic E-state index is 10.9. The van der Waals surface area contributed by atoms with Crippen molar-refractivity contribution in [3.8, 4) is 0 Å². The first-order valence-electron chi connectivity index (χ1n) is 1.21. The topological polar surface area (TPSA) is 0 Å². The van der Waals surface area contributed by atoms with Crippen LogP contribution in [0, 0.1) is 0 Å². The summed E-state index contributed by atoms with van der Waals surface area (Å²) in [4.78, 5) is 0. The van der Waals surface area contributed by atoms with Gasteiger partial charge in [0, 0.05) is 5.75 Å². The molecule has 0 fully saturated rings. The second-order valence-electron chi connectivity index (χ2n) is 0.502. The summed E-state index contributed by atoms with van der Waals surface area (Å²) in [5.74, 6) is 0.404. The zero-order valence-corrected chi connectivity index (χ0v) is 4.15. The molecule has 0 aromatic rings. The average molecular weight is 115 g/mol. The Kier molecular flexibility index (Phi) is 5.09. The Bertz CT molecular complexity index is 17.1. The maximum Gasteiger partial charge on any atom is 0.0996 e. The van der Waals surface area contributed by atoms with Crippen LogP contribution >= 0.6 is 21.7 Å². The molecule has 0 radical (unpaired) electrons. The third-order valence-electron chi connectivity index (χ3n) is 0.154. The van der Waals surface area contributed by atoms with Crippen LogP contribution in [0.4, 0.5) is 4.39 Å². The van der Waals surface area contributed by atoms with Crippen LogP contribution < -0.4 is 0 Å². The van der Waals surface area contributed by atoms with Gasteiger partial charge in [-0.1, -0.05) is 11.0 Å².